The number of carbonyl (C=O) groups is 1. The van der Waals surface area contributed by atoms with Gasteiger partial charge in [0.05, 0.1) is 11.4 Å². The third kappa shape index (κ3) is 4.72. The van der Waals surface area contributed by atoms with Crippen molar-refractivity contribution in [2.45, 2.75) is 43.5 Å². The van der Waals surface area contributed by atoms with Crippen molar-refractivity contribution in [2.24, 2.45) is 0 Å². The van der Waals surface area contributed by atoms with Crippen LogP contribution < -0.4 is 4.72 Å². The summed E-state index contributed by atoms with van der Waals surface area (Å²) >= 11 is 1.60. The molecule has 0 saturated carbocycles. The molecule has 0 atom stereocenters. The molecular weight excluding hydrogens is 368 g/mol. The number of sulfonamides is 1. The molecule has 140 valence electrons. The Labute approximate surface area is 159 Å². The van der Waals surface area contributed by atoms with Crippen LogP contribution in [0.5, 0.6) is 0 Å². The molecule has 0 fully saturated rings. The molecular formula is C19H24N2O3S2. The average Bonchev–Trinajstić information content (AvgIpc) is 3.14. The Morgan fingerprint density at radius 3 is 2.69 bits per heavy atom. The molecule has 0 aliphatic heterocycles. The molecule has 1 heterocycles. The van der Waals surface area contributed by atoms with Crippen molar-refractivity contribution >= 4 is 27.3 Å². The molecule has 3 rings (SSSR count). The molecule has 1 amide bonds. The van der Waals surface area contributed by atoms with Gasteiger partial charge in [-0.15, -0.1) is 11.3 Å². The van der Waals surface area contributed by atoms with E-state index in [-0.39, 0.29) is 23.8 Å². The summed E-state index contributed by atoms with van der Waals surface area (Å²) in [6, 6.07) is 9.29. The van der Waals surface area contributed by atoms with Gasteiger partial charge in [-0.3, -0.25) is 4.79 Å². The number of rotatable bonds is 7. The van der Waals surface area contributed by atoms with E-state index in [4.69, 9.17) is 0 Å². The zero-order valence-electron chi connectivity index (χ0n) is 14.9. The van der Waals surface area contributed by atoms with E-state index in [9.17, 15) is 13.2 Å². The average molecular weight is 393 g/mol. The van der Waals surface area contributed by atoms with Crippen molar-refractivity contribution < 1.29 is 13.2 Å². The zero-order valence-corrected chi connectivity index (χ0v) is 16.5. The highest BCUT2D eigenvalue weighted by molar-refractivity contribution is 7.89. The number of thiophene rings is 1. The van der Waals surface area contributed by atoms with Gasteiger partial charge >= 0.3 is 0 Å². The van der Waals surface area contributed by atoms with Crippen LogP contribution in [0.25, 0.3) is 0 Å². The number of aryl methyl sites for hydroxylation is 2. The minimum Gasteiger partial charge on any atom is -0.341 e. The lowest BCUT2D eigenvalue weighted by molar-refractivity contribution is -0.130. The fourth-order valence-electron chi connectivity index (χ4n) is 3.17. The molecule has 1 aliphatic rings. The first-order valence-corrected chi connectivity index (χ1v) is 11.2. The lowest BCUT2D eigenvalue weighted by Gasteiger charge is -2.18. The number of hydrogen-bond acceptors (Lipinski definition) is 4. The predicted octanol–water partition coefficient (Wildman–Crippen LogP) is 2.95. The van der Waals surface area contributed by atoms with Gasteiger partial charge in [0.2, 0.25) is 15.9 Å². The van der Waals surface area contributed by atoms with E-state index >= 15 is 0 Å². The van der Waals surface area contributed by atoms with Crippen molar-refractivity contribution in [1.29, 1.82) is 0 Å². The maximum atomic E-state index is 12.5. The zero-order chi connectivity index (χ0) is 18.6. The molecule has 2 aromatic rings. The van der Waals surface area contributed by atoms with E-state index in [1.54, 1.807) is 35.4 Å². The second-order valence-corrected chi connectivity index (χ2v) is 9.41. The normalized spacial score (nSPS) is 14.0. The lowest BCUT2D eigenvalue weighted by Crippen LogP contribution is -2.31. The van der Waals surface area contributed by atoms with Crippen LogP contribution in [0.4, 0.5) is 0 Å². The van der Waals surface area contributed by atoms with E-state index < -0.39 is 10.0 Å². The Balaban J connectivity index is 1.54. The molecule has 0 spiro atoms. The topological polar surface area (TPSA) is 66.5 Å². The molecule has 0 saturated heterocycles. The fraction of sp³-hybridized carbons (Fsp3) is 0.421. The van der Waals surface area contributed by atoms with Crippen LogP contribution in [0, 0.1) is 0 Å². The van der Waals surface area contributed by atoms with E-state index in [2.05, 4.69) is 4.72 Å². The Morgan fingerprint density at radius 1 is 1.19 bits per heavy atom. The molecule has 5 nitrogen and oxygen atoms in total. The van der Waals surface area contributed by atoms with Gasteiger partial charge in [0.25, 0.3) is 0 Å². The summed E-state index contributed by atoms with van der Waals surface area (Å²) in [5.41, 5.74) is 2.38. The molecule has 0 bridgehead atoms. The lowest BCUT2D eigenvalue weighted by atomic mass is 9.92. The Hall–Kier alpha value is -1.70. The van der Waals surface area contributed by atoms with E-state index in [1.807, 2.05) is 23.6 Å². The summed E-state index contributed by atoms with van der Waals surface area (Å²) in [6.07, 6.45) is 4.37. The number of amides is 1. The monoisotopic (exact) mass is 392 g/mol. The van der Waals surface area contributed by atoms with Gasteiger partial charge in [0, 0.05) is 24.9 Å². The van der Waals surface area contributed by atoms with Crippen LogP contribution in [-0.4, -0.2) is 32.8 Å². The summed E-state index contributed by atoms with van der Waals surface area (Å²) in [4.78, 5) is 15.2. The van der Waals surface area contributed by atoms with Crippen LogP contribution in [0.15, 0.2) is 40.6 Å². The minimum atomic E-state index is -3.58. The van der Waals surface area contributed by atoms with Gasteiger partial charge in [-0.05, 0) is 60.4 Å². The molecule has 1 aromatic heterocycles. The van der Waals surface area contributed by atoms with Crippen LogP contribution in [0.1, 0.15) is 35.3 Å². The largest absolute Gasteiger partial charge is 0.341 e. The smallest absolute Gasteiger partial charge is 0.240 e. The summed E-state index contributed by atoms with van der Waals surface area (Å²) in [6.45, 7) is 0.654. The van der Waals surface area contributed by atoms with Gasteiger partial charge in [-0.2, -0.15) is 0 Å². The van der Waals surface area contributed by atoms with Crippen LogP contribution in [0.2, 0.25) is 0 Å². The summed E-state index contributed by atoms with van der Waals surface area (Å²) in [5, 5.41) is 1.97. The van der Waals surface area contributed by atoms with Gasteiger partial charge in [0.1, 0.15) is 0 Å². The van der Waals surface area contributed by atoms with E-state index in [0.717, 1.165) is 29.7 Å². The minimum absolute atomic E-state index is 0.0773. The van der Waals surface area contributed by atoms with Crippen LogP contribution in [-0.2, 0) is 34.2 Å². The van der Waals surface area contributed by atoms with Gasteiger partial charge < -0.3 is 4.90 Å². The molecule has 1 aliphatic carbocycles. The number of hydrogen-bond donors (Lipinski definition) is 1. The van der Waals surface area contributed by atoms with Gasteiger partial charge in [0.15, 0.2) is 0 Å². The first-order valence-electron chi connectivity index (χ1n) is 8.83. The first kappa shape index (κ1) is 19.1. The number of nitrogens with zero attached hydrogens (tertiary/aromatic N) is 1. The summed E-state index contributed by atoms with van der Waals surface area (Å²) in [7, 11) is -1.85. The Kier molecular flexibility index (Phi) is 6.11. The molecule has 1 N–H and O–H groups in total. The second kappa shape index (κ2) is 8.33. The highest BCUT2D eigenvalue weighted by Gasteiger charge is 2.18. The molecule has 7 heteroatoms. The van der Waals surface area contributed by atoms with Crippen molar-refractivity contribution in [3.63, 3.8) is 0 Å². The van der Waals surface area contributed by atoms with Crippen LogP contribution >= 0.6 is 11.3 Å². The maximum absolute atomic E-state index is 12.5. The third-order valence-corrected chi connectivity index (χ3v) is 6.98. The SMILES string of the molecule is CN(Cc1cccs1)C(=O)CCNS(=O)(=O)c1ccc2c(c1)CCCC2. The quantitative estimate of drug-likeness (QED) is 0.788. The van der Waals surface area contributed by atoms with Gasteiger partial charge in [-0.1, -0.05) is 12.1 Å². The molecule has 26 heavy (non-hydrogen) atoms. The highest BCUT2D eigenvalue weighted by Crippen LogP contribution is 2.24. The van der Waals surface area contributed by atoms with Crippen molar-refractivity contribution in [3.8, 4) is 0 Å². The Bertz CT molecular complexity index is 861. The summed E-state index contributed by atoms with van der Waals surface area (Å²) < 4.78 is 27.5. The number of benzene rings is 1. The number of carbonyl (C=O) groups excluding carboxylic acids is 1. The number of fused-ring (bicyclic) bond motifs is 1. The number of nitrogens with one attached hydrogen (secondary N) is 1. The van der Waals surface area contributed by atoms with E-state index in [1.165, 1.54) is 12.0 Å². The Morgan fingerprint density at radius 2 is 1.96 bits per heavy atom. The standard InChI is InChI=1S/C19H24N2O3S2/c1-21(14-17-7-4-12-25-17)19(22)10-11-20-26(23,24)18-9-8-15-5-2-3-6-16(15)13-18/h4,7-9,12-13,20H,2-3,5-6,10-11,14H2,1H3. The molecule has 0 radical (unpaired) electrons. The van der Waals surface area contributed by atoms with E-state index in [0.29, 0.717) is 6.54 Å². The maximum Gasteiger partial charge on any atom is 0.240 e. The first-order chi connectivity index (χ1) is 12.5. The predicted molar refractivity (Wildman–Crippen MR) is 104 cm³/mol. The third-order valence-electron chi connectivity index (χ3n) is 4.66. The molecule has 0 unspecified atom stereocenters. The fourth-order valence-corrected chi connectivity index (χ4v) is 5.01. The van der Waals surface area contributed by atoms with Crippen molar-refractivity contribution in [2.75, 3.05) is 13.6 Å². The second-order valence-electron chi connectivity index (χ2n) is 6.61. The van der Waals surface area contributed by atoms with Gasteiger partial charge in [-0.25, -0.2) is 13.1 Å². The highest BCUT2D eigenvalue weighted by atomic mass is 32.2. The van der Waals surface area contributed by atoms with Crippen molar-refractivity contribution in [1.82, 2.24) is 9.62 Å². The summed E-state index contributed by atoms with van der Waals surface area (Å²) in [5.74, 6) is -0.0773. The van der Waals surface area contributed by atoms with Crippen molar-refractivity contribution in [3.05, 3.63) is 51.7 Å². The molecule has 1 aromatic carbocycles. The van der Waals surface area contributed by atoms with Crippen LogP contribution in [0.3, 0.4) is 0 Å².